The molecule has 0 aromatic carbocycles. The number of hydrogen-bond acceptors (Lipinski definition) is 6. The average molecular weight is 312 g/mol. The number of rotatable bonds is 4. The van der Waals surface area contributed by atoms with E-state index in [0.29, 0.717) is 24.2 Å². The first-order chi connectivity index (χ1) is 9.86. The molecule has 1 aromatic rings. The van der Waals surface area contributed by atoms with Crippen molar-refractivity contribution in [1.82, 2.24) is 9.88 Å². The Kier molecular flexibility index (Phi) is 4.48. The number of hydrogen-bond donors (Lipinski definition) is 2. The molecule has 1 amide bonds. The van der Waals surface area contributed by atoms with Gasteiger partial charge in [0.15, 0.2) is 9.84 Å². The van der Waals surface area contributed by atoms with Crippen LogP contribution in [0.4, 0.5) is 5.82 Å². The summed E-state index contributed by atoms with van der Waals surface area (Å²) in [6, 6.07) is 3.01. The zero-order valence-corrected chi connectivity index (χ0v) is 13.0. The summed E-state index contributed by atoms with van der Waals surface area (Å²) < 4.78 is 23.1. The molecule has 116 valence electrons. The summed E-state index contributed by atoms with van der Waals surface area (Å²) in [6.45, 7) is 1.93. The molecule has 0 bridgehead atoms. The van der Waals surface area contributed by atoms with Crippen molar-refractivity contribution in [2.75, 3.05) is 24.0 Å². The lowest BCUT2D eigenvalue weighted by molar-refractivity contribution is 0.0747. The van der Waals surface area contributed by atoms with Crippen LogP contribution in [0.15, 0.2) is 12.1 Å². The van der Waals surface area contributed by atoms with E-state index < -0.39 is 9.84 Å². The van der Waals surface area contributed by atoms with Crippen molar-refractivity contribution in [3.05, 3.63) is 23.4 Å². The fraction of sp³-hybridized carbons (Fsp3) is 0.538. The molecule has 1 aliphatic rings. The number of hydrazine groups is 1. The maximum Gasteiger partial charge on any atom is 0.254 e. The molecule has 3 N–H and O–H groups in total. The van der Waals surface area contributed by atoms with Crippen LogP contribution in [0.3, 0.4) is 0 Å². The van der Waals surface area contributed by atoms with Gasteiger partial charge in [0, 0.05) is 24.3 Å². The van der Waals surface area contributed by atoms with Gasteiger partial charge in [-0.1, -0.05) is 6.92 Å². The molecular weight excluding hydrogens is 292 g/mol. The van der Waals surface area contributed by atoms with Crippen LogP contribution in [-0.2, 0) is 16.3 Å². The van der Waals surface area contributed by atoms with Gasteiger partial charge in [0.2, 0.25) is 0 Å². The highest BCUT2D eigenvalue weighted by molar-refractivity contribution is 7.91. The average Bonchev–Trinajstić information content (AvgIpc) is 2.85. The molecule has 0 saturated carbocycles. The van der Waals surface area contributed by atoms with Gasteiger partial charge >= 0.3 is 0 Å². The normalized spacial score (nSPS) is 20.2. The molecule has 8 heteroatoms. The van der Waals surface area contributed by atoms with E-state index in [2.05, 4.69) is 10.4 Å². The van der Waals surface area contributed by atoms with Crippen molar-refractivity contribution in [3.63, 3.8) is 0 Å². The third-order valence-corrected chi connectivity index (χ3v) is 5.46. The fourth-order valence-electron chi connectivity index (χ4n) is 2.42. The van der Waals surface area contributed by atoms with E-state index in [9.17, 15) is 13.2 Å². The lowest BCUT2D eigenvalue weighted by Gasteiger charge is -2.23. The number of carbonyl (C=O) groups is 1. The number of nitrogens with one attached hydrogen (secondary N) is 1. The van der Waals surface area contributed by atoms with Gasteiger partial charge in [-0.2, -0.15) is 0 Å². The summed E-state index contributed by atoms with van der Waals surface area (Å²) in [5.74, 6) is 5.74. The number of sulfone groups is 1. The second kappa shape index (κ2) is 5.98. The van der Waals surface area contributed by atoms with Crippen molar-refractivity contribution in [3.8, 4) is 0 Å². The second-order valence-corrected chi connectivity index (χ2v) is 7.43. The van der Waals surface area contributed by atoms with E-state index >= 15 is 0 Å². The molecule has 0 aliphatic carbocycles. The number of anilines is 1. The van der Waals surface area contributed by atoms with Crippen molar-refractivity contribution in [1.29, 1.82) is 0 Å². The summed E-state index contributed by atoms with van der Waals surface area (Å²) in [4.78, 5) is 18.2. The largest absolute Gasteiger partial charge is 0.338 e. The van der Waals surface area contributed by atoms with Gasteiger partial charge in [0.1, 0.15) is 5.82 Å². The Hall–Kier alpha value is -1.67. The SMILES string of the molecule is CCc1cc(C(=O)N(C)C2CCS(=O)(=O)C2)cc(NN)n1. The van der Waals surface area contributed by atoms with Crippen LogP contribution in [0.25, 0.3) is 0 Å². The molecular formula is C13H20N4O3S. The summed E-state index contributed by atoms with van der Waals surface area (Å²) in [5, 5.41) is 0. The summed E-state index contributed by atoms with van der Waals surface area (Å²) in [5.41, 5.74) is 3.65. The van der Waals surface area contributed by atoms with Gasteiger partial charge in [0.25, 0.3) is 5.91 Å². The minimum atomic E-state index is -3.02. The highest BCUT2D eigenvalue weighted by Crippen LogP contribution is 2.20. The highest BCUT2D eigenvalue weighted by Gasteiger charge is 2.33. The maximum absolute atomic E-state index is 12.5. The van der Waals surface area contributed by atoms with Crippen molar-refractivity contribution < 1.29 is 13.2 Å². The minimum Gasteiger partial charge on any atom is -0.338 e. The smallest absolute Gasteiger partial charge is 0.254 e. The van der Waals surface area contributed by atoms with Crippen LogP contribution in [-0.4, -0.2) is 48.8 Å². The van der Waals surface area contributed by atoms with Crippen LogP contribution in [0.1, 0.15) is 29.4 Å². The predicted molar refractivity (Wildman–Crippen MR) is 80.6 cm³/mol. The molecule has 21 heavy (non-hydrogen) atoms. The number of nitrogens with two attached hydrogens (primary N) is 1. The Bertz CT molecular complexity index is 623. The molecule has 1 aromatic heterocycles. The third-order valence-electron chi connectivity index (χ3n) is 3.71. The summed E-state index contributed by atoms with van der Waals surface area (Å²) >= 11 is 0. The molecule has 1 fully saturated rings. The molecule has 1 saturated heterocycles. The molecule has 1 aliphatic heterocycles. The van der Waals surface area contributed by atoms with E-state index in [4.69, 9.17) is 5.84 Å². The van der Waals surface area contributed by atoms with Gasteiger partial charge in [-0.3, -0.25) is 4.79 Å². The Morgan fingerprint density at radius 2 is 2.24 bits per heavy atom. The number of amides is 1. The van der Waals surface area contributed by atoms with E-state index in [-0.39, 0.29) is 23.5 Å². The fourth-order valence-corrected chi connectivity index (χ4v) is 4.19. The van der Waals surface area contributed by atoms with Gasteiger partial charge in [-0.05, 0) is 25.0 Å². The number of aromatic nitrogens is 1. The lowest BCUT2D eigenvalue weighted by Crippen LogP contribution is -2.38. The predicted octanol–water partition coefficient (Wildman–Crippen LogP) is 0.189. The molecule has 2 heterocycles. The van der Waals surface area contributed by atoms with E-state index in [1.54, 1.807) is 19.2 Å². The monoisotopic (exact) mass is 312 g/mol. The van der Waals surface area contributed by atoms with Gasteiger partial charge < -0.3 is 10.3 Å². The van der Waals surface area contributed by atoms with Gasteiger partial charge in [-0.15, -0.1) is 0 Å². The van der Waals surface area contributed by atoms with E-state index in [1.807, 2.05) is 6.92 Å². The molecule has 2 rings (SSSR count). The Labute approximate surface area is 124 Å². The maximum atomic E-state index is 12.5. The second-order valence-electron chi connectivity index (χ2n) is 5.20. The number of pyridine rings is 1. The third kappa shape index (κ3) is 3.51. The van der Waals surface area contributed by atoms with E-state index in [1.165, 1.54) is 4.90 Å². The van der Waals surface area contributed by atoms with Crippen LogP contribution >= 0.6 is 0 Å². The van der Waals surface area contributed by atoms with Crippen LogP contribution in [0.2, 0.25) is 0 Å². The van der Waals surface area contributed by atoms with Gasteiger partial charge in [-0.25, -0.2) is 19.2 Å². The molecule has 0 radical (unpaired) electrons. The van der Waals surface area contributed by atoms with Crippen molar-refractivity contribution in [2.45, 2.75) is 25.8 Å². The molecule has 7 nitrogen and oxygen atoms in total. The van der Waals surface area contributed by atoms with Crippen LogP contribution < -0.4 is 11.3 Å². The highest BCUT2D eigenvalue weighted by atomic mass is 32.2. The summed E-state index contributed by atoms with van der Waals surface area (Å²) in [7, 11) is -1.39. The zero-order valence-electron chi connectivity index (χ0n) is 12.2. The first kappa shape index (κ1) is 15.7. The Morgan fingerprint density at radius 3 is 2.76 bits per heavy atom. The standard InChI is InChI=1S/C13H20N4O3S/c1-3-10-6-9(7-12(15-10)16-14)13(18)17(2)11-4-5-21(19,20)8-11/h6-7,11H,3-5,8,14H2,1-2H3,(H,15,16). The van der Waals surface area contributed by atoms with Crippen LogP contribution in [0, 0.1) is 0 Å². The van der Waals surface area contributed by atoms with E-state index in [0.717, 1.165) is 5.69 Å². The number of nitrogen functional groups attached to an aromatic ring is 1. The van der Waals surface area contributed by atoms with Crippen LogP contribution in [0.5, 0.6) is 0 Å². The number of carbonyl (C=O) groups excluding carboxylic acids is 1. The number of aryl methyl sites for hydroxylation is 1. The molecule has 0 spiro atoms. The quantitative estimate of drug-likeness (QED) is 0.607. The lowest BCUT2D eigenvalue weighted by atomic mass is 10.1. The summed E-state index contributed by atoms with van der Waals surface area (Å²) in [6.07, 6.45) is 1.16. The van der Waals surface area contributed by atoms with Gasteiger partial charge in [0.05, 0.1) is 11.5 Å². The number of nitrogens with zero attached hydrogens (tertiary/aromatic N) is 2. The van der Waals surface area contributed by atoms with Crippen molar-refractivity contribution in [2.24, 2.45) is 5.84 Å². The molecule has 1 unspecified atom stereocenters. The molecule has 1 atom stereocenters. The minimum absolute atomic E-state index is 0.0307. The first-order valence-corrected chi connectivity index (χ1v) is 8.63. The Morgan fingerprint density at radius 1 is 1.52 bits per heavy atom. The first-order valence-electron chi connectivity index (χ1n) is 6.81. The Balaban J connectivity index is 2.23. The topological polar surface area (TPSA) is 105 Å². The van der Waals surface area contributed by atoms with Crippen molar-refractivity contribution >= 4 is 21.6 Å². The zero-order chi connectivity index (χ0) is 15.6.